The third-order valence-corrected chi connectivity index (χ3v) is 4.84. The van der Waals surface area contributed by atoms with Crippen molar-refractivity contribution in [2.24, 2.45) is 4.99 Å². The average molecular weight is 362 g/mol. The van der Waals surface area contributed by atoms with Crippen LogP contribution in [0.25, 0.3) is 0 Å². The lowest BCUT2D eigenvalue weighted by molar-refractivity contribution is 0.119. The van der Waals surface area contributed by atoms with Gasteiger partial charge >= 0.3 is 0 Å². The minimum Gasteiger partial charge on any atom is -0.492 e. The van der Waals surface area contributed by atoms with E-state index in [1.165, 1.54) is 5.56 Å². The number of guanidine groups is 1. The number of hydrogen-bond donors (Lipinski definition) is 1. The lowest BCUT2D eigenvalue weighted by Gasteiger charge is -2.37. The predicted molar refractivity (Wildman–Crippen MR) is 109 cm³/mol. The van der Waals surface area contributed by atoms with Crippen LogP contribution >= 0.6 is 0 Å². The molecule has 0 aromatic heterocycles. The standard InChI is InChI=1S/C20H35N5O/c1-6-21-20(22-15-18-16-23(3)11-12-24(18)4)25(5)13-14-26-19-9-7-17(2)8-10-19/h7-10,18H,6,11-16H2,1-5H3,(H,21,22). The van der Waals surface area contributed by atoms with Gasteiger partial charge in [-0.25, -0.2) is 0 Å². The molecule has 1 aromatic rings. The van der Waals surface area contributed by atoms with Gasteiger partial charge in [-0.2, -0.15) is 0 Å². The molecule has 1 aromatic carbocycles. The number of aryl methyl sites for hydroxylation is 1. The fourth-order valence-electron chi connectivity index (χ4n) is 3.00. The van der Waals surface area contributed by atoms with Crippen molar-refractivity contribution in [1.82, 2.24) is 20.0 Å². The zero-order valence-electron chi connectivity index (χ0n) is 17.0. The first kappa shape index (κ1) is 20.5. The van der Waals surface area contributed by atoms with Gasteiger partial charge in [-0.15, -0.1) is 0 Å². The van der Waals surface area contributed by atoms with Gasteiger partial charge in [0.2, 0.25) is 0 Å². The molecule has 1 saturated heterocycles. The smallest absolute Gasteiger partial charge is 0.193 e. The molecule has 0 aliphatic carbocycles. The van der Waals surface area contributed by atoms with Crippen LogP contribution in [0.3, 0.4) is 0 Å². The molecule has 2 rings (SSSR count). The average Bonchev–Trinajstić information content (AvgIpc) is 2.62. The molecule has 6 nitrogen and oxygen atoms in total. The van der Waals surface area contributed by atoms with E-state index in [4.69, 9.17) is 9.73 Å². The molecule has 0 bridgehead atoms. The molecule has 26 heavy (non-hydrogen) atoms. The van der Waals surface area contributed by atoms with Gasteiger partial charge in [0.1, 0.15) is 12.4 Å². The summed E-state index contributed by atoms with van der Waals surface area (Å²) in [4.78, 5) is 11.8. The number of benzene rings is 1. The Hall–Kier alpha value is -1.79. The topological polar surface area (TPSA) is 43.3 Å². The molecule has 1 fully saturated rings. The van der Waals surface area contributed by atoms with Gasteiger partial charge in [0, 0.05) is 39.3 Å². The Kier molecular flexibility index (Phi) is 8.19. The fraction of sp³-hybridized carbons (Fsp3) is 0.650. The largest absolute Gasteiger partial charge is 0.492 e. The summed E-state index contributed by atoms with van der Waals surface area (Å²) >= 11 is 0. The van der Waals surface area contributed by atoms with Crippen molar-refractivity contribution in [3.8, 4) is 5.75 Å². The number of ether oxygens (including phenoxy) is 1. The van der Waals surface area contributed by atoms with Crippen LogP contribution in [0.4, 0.5) is 0 Å². The van der Waals surface area contributed by atoms with Gasteiger partial charge in [-0.1, -0.05) is 17.7 Å². The van der Waals surface area contributed by atoms with E-state index in [2.05, 4.69) is 67.1 Å². The van der Waals surface area contributed by atoms with Crippen LogP contribution in [0.1, 0.15) is 12.5 Å². The number of nitrogens with one attached hydrogen (secondary N) is 1. The third kappa shape index (κ3) is 6.50. The number of rotatable bonds is 7. The van der Waals surface area contributed by atoms with Crippen LogP contribution in [0, 0.1) is 6.92 Å². The lowest BCUT2D eigenvalue weighted by Crippen LogP contribution is -2.51. The Labute approximate surface area is 158 Å². The van der Waals surface area contributed by atoms with E-state index >= 15 is 0 Å². The van der Waals surface area contributed by atoms with Crippen LogP contribution in [-0.4, -0.2) is 93.7 Å². The molecule has 1 heterocycles. The molecule has 0 saturated carbocycles. The van der Waals surface area contributed by atoms with E-state index < -0.39 is 0 Å². The van der Waals surface area contributed by atoms with Crippen LogP contribution in [0.15, 0.2) is 29.3 Å². The number of nitrogens with zero attached hydrogens (tertiary/aromatic N) is 4. The van der Waals surface area contributed by atoms with Crippen molar-refractivity contribution in [1.29, 1.82) is 0 Å². The van der Waals surface area contributed by atoms with Crippen molar-refractivity contribution in [2.75, 3.05) is 67.0 Å². The van der Waals surface area contributed by atoms with E-state index in [-0.39, 0.29) is 0 Å². The minimum atomic E-state index is 0.472. The minimum absolute atomic E-state index is 0.472. The van der Waals surface area contributed by atoms with Crippen LogP contribution in [0.2, 0.25) is 0 Å². The second-order valence-corrected chi connectivity index (χ2v) is 7.17. The first-order chi connectivity index (χ1) is 12.5. The third-order valence-electron chi connectivity index (χ3n) is 4.84. The SMILES string of the molecule is CCNC(=NCC1CN(C)CCN1C)N(C)CCOc1ccc(C)cc1. The first-order valence-electron chi connectivity index (χ1n) is 9.57. The molecular weight excluding hydrogens is 326 g/mol. The van der Waals surface area contributed by atoms with Gasteiger partial charge in [0.15, 0.2) is 5.96 Å². The summed E-state index contributed by atoms with van der Waals surface area (Å²) in [6, 6.07) is 8.65. The summed E-state index contributed by atoms with van der Waals surface area (Å²) in [5.74, 6) is 1.86. The molecule has 1 unspecified atom stereocenters. The molecule has 146 valence electrons. The first-order valence-corrected chi connectivity index (χ1v) is 9.57. The maximum Gasteiger partial charge on any atom is 0.193 e. The van der Waals surface area contributed by atoms with Crippen LogP contribution in [-0.2, 0) is 0 Å². The lowest BCUT2D eigenvalue weighted by atomic mass is 10.2. The van der Waals surface area contributed by atoms with Crippen LogP contribution < -0.4 is 10.1 Å². The normalized spacial score (nSPS) is 19.4. The van der Waals surface area contributed by atoms with Gasteiger partial charge < -0.3 is 19.9 Å². The number of likely N-dealkylation sites (N-methyl/N-ethyl adjacent to an activating group) is 3. The molecule has 1 aliphatic rings. The number of piperazine rings is 1. The molecule has 1 atom stereocenters. The highest BCUT2D eigenvalue weighted by atomic mass is 16.5. The Balaban J connectivity index is 1.84. The highest BCUT2D eigenvalue weighted by molar-refractivity contribution is 5.79. The van der Waals surface area contributed by atoms with Crippen molar-refractivity contribution < 1.29 is 4.74 Å². The van der Waals surface area contributed by atoms with E-state index in [1.54, 1.807) is 0 Å². The molecule has 0 spiro atoms. The van der Waals surface area contributed by atoms with E-state index in [0.29, 0.717) is 12.6 Å². The van der Waals surface area contributed by atoms with E-state index in [0.717, 1.165) is 51.0 Å². The number of hydrogen-bond acceptors (Lipinski definition) is 4. The van der Waals surface area contributed by atoms with Gasteiger partial charge in [-0.3, -0.25) is 9.89 Å². The van der Waals surface area contributed by atoms with Crippen molar-refractivity contribution in [3.63, 3.8) is 0 Å². The Morgan fingerprint density at radius 2 is 2.00 bits per heavy atom. The summed E-state index contributed by atoms with van der Waals surface area (Å²) in [5, 5.41) is 3.39. The molecule has 1 N–H and O–H groups in total. The van der Waals surface area contributed by atoms with Crippen molar-refractivity contribution in [2.45, 2.75) is 19.9 Å². The Morgan fingerprint density at radius 1 is 1.27 bits per heavy atom. The Morgan fingerprint density at radius 3 is 2.69 bits per heavy atom. The maximum atomic E-state index is 5.85. The van der Waals surface area contributed by atoms with Gasteiger partial charge in [0.05, 0.1) is 13.1 Å². The summed E-state index contributed by atoms with van der Waals surface area (Å²) in [6.07, 6.45) is 0. The predicted octanol–water partition coefficient (Wildman–Crippen LogP) is 1.52. The molecule has 1 aliphatic heterocycles. The van der Waals surface area contributed by atoms with Crippen LogP contribution in [0.5, 0.6) is 5.75 Å². The highest BCUT2D eigenvalue weighted by Gasteiger charge is 2.22. The zero-order valence-corrected chi connectivity index (χ0v) is 17.0. The molecule has 0 radical (unpaired) electrons. The van der Waals surface area contributed by atoms with Gasteiger partial charge in [0.25, 0.3) is 0 Å². The molecule has 6 heteroatoms. The van der Waals surface area contributed by atoms with Gasteiger partial charge in [-0.05, 0) is 40.1 Å². The van der Waals surface area contributed by atoms with E-state index in [9.17, 15) is 0 Å². The zero-order chi connectivity index (χ0) is 18.9. The molecule has 0 amide bonds. The van der Waals surface area contributed by atoms with Crippen molar-refractivity contribution >= 4 is 5.96 Å². The summed E-state index contributed by atoms with van der Waals surface area (Å²) < 4.78 is 5.85. The second-order valence-electron chi connectivity index (χ2n) is 7.17. The second kappa shape index (κ2) is 10.4. The summed E-state index contributed by atoms with van der Waals surface area (Å²) in [6.45, 7) is 10.6. The summed E-state index contributed by atoms with van der Waals surface area (Å²) in [5.41, 5.74) is 1.24. The van der Waals surface area contributed by atoms with E-state index in [1.807, 2.05) is 12.1 Å². The molecular formula is C20H35N5O. The maximum absolute atomic E-state index is 5.85. The monoisotopic (exact) mass is 361 g/mol. The summed E-state index contributed by atoms with van der Waals surface area (Å²) in [7, 11) is 6.44. The van der Waals surface area contributed by atoms with Crippen molar-refractivity contribution in [3.05, 3.63) is 29.8 Å². The number of aliphatic imine (C=N–C) groups is 1. The Bertz CT molecular complexity index is 560. The fourth-order valence-corrected chi connectivity index (χ4v) is 3.00. The highest BCUT2D eigenvalue weighted by Crippen LogP contribution is 2.11. The quantitative estimate of drug-likeness (QED) is 0.589.